The van der Waals surface area contributed by atoms with E-state index in [1.807, 2.05) is 27.7 Å². The van der Waals surface area contributed by atoms with Gasteiger partial charge in [-0.05, 0) is 54.3 Å². The van der Waals surface area contributed by atoms with E-state index in [2.05, 4.69) is 4.99 Å². The molecule has 3 aromatic rings. The van der Waals surface area contributed by atoms with Crippen LogP contribution in [0.25, 0.3) is 10.2 Å². The minimum atomic E-state index is -3.96. The molecule has 2 aromatic carbocycles. The van der Waals surface area contributed by atoms with Gasteiger partial charge in [-0.1, -0.05) is 39.0 Å². The number of thiazole rings is 1. The fourth-order valence-electron chi connectivity index (χ4n) is 3.99. The van der Waals surface area contributed by atoms with E-state index < -0.39 is 31.9 Å². The largest absolute Gasteiger partial charge is 0.469 e. The van der Waals surface area contributed by atoms with Crippen molar-refractivity contribution >= 4 is 53.5 Å². The summed E-state index contributed by atoms with van der Waals surface area (Å²) in [5, 5.41) is 5.26. The smallest absolute Gasteiger partial charge is 0.307 e. The van der Waals surface area contributed by atoms with Gasteiger partial charge in [0.15, 0.2) is 4.80 Å². The van der Waals surface area contributed by atoms with Gasteiger partial charge in [-0.15, -0.1) is 0 Å². The Morgan fingerprint density at radius 3 is 2.08 bits per heavy atom. The van der Waals surface area contributed by atoms with Crippen LogP contribution in [0.4, 0.5) is 0 Å². The monoisotopic (exact) mass is 610 g/mol. The summed E-state index contributed by atoms with van der Waals surface area (Å²) >= 11 is 1.06. The minimum absolute atomic E-state index is 0.00351. The molecule has 0 aliphatic rings. The van der Waals surface area contributed by atoms with Gasteiger partial charge >= 0.3 is 5.97 Å². The standard InChI is InChI=1S/C26H34N4O7S3/c1-17(2)15-29(16-18(3)4)40(35,36)20-8-6-19(7-9-20)25(32)28-26-30(13-12-24(31)37-5)22-11-10-21(39(27,33)34)14-23(22)38-26/h6-11,14,17-18H,12-13,15-16H2,1-5H3,(H2,27,33,34). The fourth-order valence-corrected chi connectivity index (χ4v) is 7.47. The molecule has 0 aliphatic carbocycles. The zero-order valence-corrected chi connectivity index (χ0v) is 25.5. The lowest BCUT2D eigenvalue weighted by atomic mass is 10.2. The Morgan fingerprint density at radius 2 is 1.55 bits per heavy atom. The maximum Gasteiger partial charge on any atom is 0.307 e. The minimum Gasteiger partial charge on any atom is -0.469 e. The lowest BCUT2D eigenvalue weighted by molar-refractivity contribution is -0.140. The highest BCUT2D eigenvalue weighted by molar-refractivity contribution is 7.89. The first kappa shape index (κ1) is 31.6. The molecular formula is C26H34N4O7S3. The van der Waals surface area contributed by atoms with Gasteiger partial charge in [0, 0.05) is 25.2 Å². The van der Waals surface area contributed by atoms with Crippen molar-refractivity contribution in [2.75, 3.05) is 20.2 Å². The van der Waals surface area contributed by atoms with E-state index in [4.69, 9.17) is 9.88 Å². The second kappa shape index (κ2) is 12.7. The SMILES string of the molecule is COC(=O)CCn1c(=NC(=O)c2ccc(S(=O)(=O)N(CC(C)C)CC(C)C)cc2)sc2cc(S(N)(=O)=O)ccc21. The third-order valence-corrected chi connectivity index (χ3v) is 9.62. The summed E-state index contributed by atoms with van der Waals surface area (Å²) in [6.07, 6.45) is -0.00351. The number of esters is 1. The number of sulfonamides is 2. The third-order valence-electron chi connectivity index (χ3n) is 5.82. The number of hydrogen-bond donors (Lipinski definition) is 1. The number of nitrogens with zero attached hydrogens (tertiary/aromatic N) is 3. The van der Waals surface area contributed by atoms with E-state index in [1.54, 1.807) is 4.57 Å². The maximum absolute atomic E-state index is 13.3. The molecule has 0 saturated heterocycles. The van der Waals surface area contributed by atoms with Gasteiger partial charge in [0.05, 0.1) is 33.5 Å². The molecule has 0 fully saturated rings. The number of nitrogens with two attached hydrogens (primary N) is 1. The summed E-state index contributed by atoms with van der Waals surface area (Å²) in [7, 11) is -6.46. The van der Waals surface area contributed by atoms with Gasteiger partial charge in [0.25, 0.3) is 5.91 Å². The molecule has 1 aromatic heterocycles. The molecule has 218 valence electrons. The average molecular weight is 611 g/mol. The van der Waals surface area contributed by atoms with Crippen molar-refractivity contribution in [2.45, 2.75) is 50.5 Å². The van der Waals surface area contributed by atoms with E-state index >= 15 is 0 Å². The zero-order valence-electron chi connectivity index (χ0n) is 23.0. The number of fused-ring (bicyclic) bond motifs is 1. The van der Waals surface area contributed by atoms with Crippen LogP contribution in [-0.2, 0) is 36.1 Å². The number of benzene rings is 2. The first-order valence-electron chi connectivity index (χ1n) is 12.6. The molecule has 3 rings (SSSR count). The Morgan fingerprint density at radius 1 is 0.975 bits per heavy atom. The van der Waals surface area contributed by atoms with E-state index in [9.17, 15) is 26.4 Å². The lowest BCUT2D eigenvalue weighted by Crippen LogP contribution is -2.37. The highest BCUT2D eigenvalue weighted by atomic mass is 32.2. The van der Waals surface area contributed by atoms with Gasteiger partial charge < -0.3 is 9.30 Å². The molecule has 14 heteroatoms. The topological polar surface area (TPSA) is 158 Å². The third kappa shape index (κ3) is 7.63. The number of carbonyl (C=O) groups is 2. The van der Waals surface area contributed by atoms with Crippen LogP contribution >= 0.6 is 11.3 Å². The molecule has 0 atom stereocenters. The van der Waals surface area contributed by atoms with Crippen LogP contribution in [0.2, 0.25) is 0 Å². The number of hydrogen-bond acceptors (Lipinski definition) is 8. The summed E-state index contributed by atoms with van der Waals surface area (Å²) in [5.41, 5.74) is 0.727. The molecule has 40 heavy (non-hydrogen) atoms. The first-order valence-corrected chi connectivity index (χ1v) is 16.4. The molecule has 0 unspecified atom stereocenters. The normalized spacial score (nSPS) is 13.1. The van der Waals surface area contributed by atoms with Crippen LogP contribution in [-0.4, -0.2) is 57.8 Å². The van der Waals surface area contributed by atoms with Gasteiger partial charge in [-0.3, -0.25) is 9.59 Å². The van der Waals surface area contributed by atoms with Crippen LogP contribution in [0.15, 0.2) is 57.2 Å². The molecule has 1 heterocycles. The number of aromatic nitrogens is 1. The van der Waals surface area contributed by atoms with Crippen molar-refractivity contribution in [1.29, 1.82) is 0 Å². The van der Waals surface area contributed by atoms with E-state index in [0.717, 1.165) is 11.3 Å². The summed E-state index contributed by atoms with van der Waals surface area (Å²) < 4.78 is 58.5. The summed E-state index contributed by atoms with van der Waals surface area (Å²) in [6.45, 7) is 8.69. The second-order valence-corrected chi connectivity index (χ2v) is 14.6. The number of methoxy groups -OCH3 is 1. The second-order valence-electron chi connectivity index (χ2n) is 10.1. The molecule has 0 saturated carbocycles. The van der Waals surface area contributed by atoms with Crippen LogP contribution in [0.1, 0.15) is 44.5 Å². The van der Waals surface area contributed by atoms with Gasteiger partial charge in [0.1, 0.15) is 0 Å². The van der Waals surface area contributed by atoms with Crippen LogP contribution < -0.4 is 9.94 Å². The van der Waals surface area contributed by atoms with Crippen molar-refractivity contribution in [3.63, 3.8) is 0 Å². The number of aryl methyl sites for hydroxylation is 1. The lowest BCUT2D eigenvalue weighted by Gasteiger charge is -2.25. The van der Waals surface area contributed by atoms with Crippen molar-refractivity contribution in [3.8, 4) is 0 Å². The Bertz CT molecular complexity index is 1660. The maximum atomic E-state index is 13.3. The quantitative estimate of drug-likeness (QED) is 0.327. The van der Waals surface area contributed by atoms with Gasteiger partial charge in [0.2, 0.25) is 20.0 Å². The van der Waals surface area contributed by atoms with Crippen LogP contribution in [0.5, 0.6) is 0 Å². The van der Waals surface area contributed by atoms with Gasteiger partial charge in [-0.2, -0.15) is 9.30 Å². The molecule has 11 nitrogen and oxygen atoms in total. The average Bonchev–Trinajstić information content (AvgIpc) is 3.21. The predicted molar refractivity (Wildman–Crippen MR) is 153 cm³/mol. The summed E-state index contributed by atoms with van der Waals surface area (Å²) in [5.74, 6) is -0.816. The van der Waals surface area contributed by atoms with Crippen molar-refractivity contribution in [1.82, 2.24) is 8.87 Å². The summed E-state index contributed by atoms with van der Waals surface area (Å²) in [6, 6.07) is 9.85. The van der Waals surface area contributed by atoms with Crippen LogP contribution in [0.3, 0.4) is 0 Å². The number of rotatable bonds is 11. The molecule has 0 spiro atoms. The highest BCUT2D eigenvalue weighted by Crippen LogP contribution is 2.23. The van der Waals surface area contributed by atoms with E-state index in [0.29, 0.717) is 23.3 Å². The summed E-state index contributed by atoms with van der Waals surface area (Å²) in [4.78, 5) is 29.3. The van der Waals surface area contributed by atoms with Crippen molar-refractivity contribution in [3.05, 3.63) is 52.8 Å². The van der Waals surface area contributed by atoms with E-state index in [1.165, 1.54) is 53.9 Å². The molecule has 2 N–H and O–H groups in total. The number of amides is 1. The predicted octanol–water partition coefficient (Wildman–Crippen LogP) is 2.96. The molecule has 0 bridgehead atoms. The zero-order chi connectivity index (χ0) is 29.8. The molecule has 1 amide bonds. The fraction of sp³-hybridized carbons (Fsp3) is 0.423. The van der Waals surface area contributed by atoms with Crippen molar-refractivity contribution < 1.29 is 31.2 Å². The number of ether oxygens (including phenoxy) is 1. The van der Waals surface area contributed by atoms with Crippen LogP contribution in [0, 0.1) is 11.8 Å². The number of primary sulfonamides is 1. The van der Waals surface area contributed by atoms with Crippen molar-refractivity contribution in [2.24, 2.45) is 22.0 Å². The number of carbonyl (C=O) groups excluding carboxylic acids is 2. The first-order chi connectivity index (χ1) is 18.6. The van der Waals surface area contributed by atoms with Gasteiger partial charge in [-0.25, -0.2) is 22.0 Å². The molecule has 0 radical (unpaired) electrons. The highest BCUT2D eigenvalue weighted by Gasteiger charge is 2.26. The Hall–Kier alpha value is -2.91. The molecular weight excluding hydrogens is 577 g/mol. The molecule has 0 aliphatic heterocycles. The van der Waals surface area contributed by atoms with E-state index in [-0.39, 0.29) is 45.0 Å². The Labute approximate surface area is 238 Å². The Balaban J connectivity index is 2.01. The Kier molecular flexibility index (Phi) is 10.1.